The van der Waals surface area contributed by atoms with E-state index >= 15 is 0 Å². The average molecular weight is 382 g/mol. The number of carbonyl (C=O) groups excluding carboxylic acids is 2. The molecule has 7 nitrogen and oxygen atoms in total. The van der Waals surface area contributed by atoms with Crippen LogP contribution < -0.4 is 4.90 Å². The van der Waals surface area contributed by atoms with Gasteiger partial charge in [0.25, 0.3) is 5.69 Å². The zero-order valence-electron chi connectivity index (χ0n) is 15.5. The molecule has 0 atom stereocenters. The number of anilines is 1. The molecule has 1 heterocycles. The van der Waals surface area contributed by atoms with Crippen LogP contribution in [0.5, 0.6) is 0 Å². The molecule has 0 aromatic heterocycles. The lowest BCUT2D eigenvalue weighted by Gasteiger charge is -2.22. The van der Waals surface area contributed by atoms with Gasteiger partial charge in [-0.3, -0.25) is 14.9 Å². The number of carbonyl (C=O) groups is 2. The number of rotatable bonds is 6. The van der Waals surface area contributed by atoms with Crippen molar-refractivity contribution in [1.29, 1.82) is 0 Å². The Labute approximate surface area is 163 Å². The topological polar surface area (TPSA) is 89.8 Å². The van der Waals surface area contributed by atoms with E-state index in [1.807, 2.05) is 4.90 Å². The zero-order chi connectivity index (χ0) is 19.9. The largest absolute Gasteiger partial charge is 0.454 e. The van der Waals surface area contributed by atoms with Gasteiger partial charge in [0, 0.05) is 24.7 Å². The first kappa shape index (κ1) is 19.5. The fourth-order valence-electron chi connectivity index (χ4n) is 3.30. The van der Waals surface area contributed by atoms with E-state index in [9.17, 15) is 19.7 Å². The molecule has 1 aliphatic heterocycles. The first-order chi connectivity index (χ1) is 13.6. The van der Waals surface area contributed by atoms with Gasteiger partial charge in [-0.05, 0) is 25.0 Å². The van der Waals surface area contributed by atoms with Crippen LogP contribution in [0.25, 0.3) is 0 Å². The van der Waals surface area contributed by atoms with Crippen molar-refractivity contribution in [2.24, 2.45) is 0 Å². The third-order valence-electron chi connectivity index (χ3n) is 4.78. The molecule has 0 unspecified atom stereocenters. The van der Waals surface area contributed by atoms with E-state index in [0.29, 0.717) is 11.3 Å². The lowest BCUT2D eigenvalue weighted by atomic mass is 10.1. The number of esters is 1. The number of ketones is 1. The summed E-state index contributed by atoms with van der Waals surface area (Å²) >= 11 is 0. The average Bonchev–Trinajstić information content (AvgIpc) is 3.01. The van der Waals surface area contributed by atoms with Crippen LogP contribution in [0.2, 0.25) is 0 Å². The molecule has 1 saturated heterocycles. The number of nitrogens with zero attached hydrogens (tertiary/aromatic N) is 2. The molecule has 7 heteroatoms. The van der Waals surface area contributed by atoms with E-state index in [1.165, 1.54) is 12.1 Å². The van der Waals surface area contributed by atoms with Gasteiger partial charge >= 0.3 is 5.97 Å². The molecule has 1 fully saturated rings. The predicted octanol–water partition coefficient (Wildman–Crippen LogP) is 4.01. The maximum Gasteiger partial charge on any atom is 0.338 e. The minimum atomic E-state index is -0.755. The maximum absolute atomic E-state index is 12.3. The van der Waals surface area contributed by atoms with Gasteiger partial charge in [-0.1, -0.05) is 43.2 Å². The fourth-order valence-corrected chi connectivity index (χ4v) is 3.30. The monoisotopic (exact) mass is 382 g/mol. The number of nitro groups is 1. The van der Waals surface area contributed by atoms with Crippen molar-refractivity contribution >= 4 is 23.1 Å². The number of ether oxygens (including phenoxy) is 1. The Hall–Kier alpha value is -3.22. The van der Waals surface area contributed by atoms with E-state index in [-0.39, 0.29) is 17.0 Å². The summed E-state index contributed by atoms with van der Waals surface area (Å²) in [5, 5.41) is 11.5. The fraction of sp³-hybridized carbons (Fsp3) is 0.333. The molecule has 2 aromatic rings. The van der Waals surface area contributed by atoms with Gasteiger partial charge in [0.05, 0.1) is 10.5 Å². The van der Waals surface area contributed by atoms with Gasteiger partial charge in [-0.2, -0.15) is 0 Å². The molecular weight excluding hydrogens is 360 g/mol. The van der Waals surface area contributed by atoms with Crippen LogP contribution in [0.4, 0.5) is 11.4 Å². The van der Waals surface area contributed by atoms with Gasteiger partial charge in [-0.25, -0.2) is 4.79 Å². The Morgan fingerprint density at radius 1 is 0.964 bits per heavy atom. The summed E-state index contributed by atoms with van der Waals surface area (Å²) in [5.74, 6) is -1.08. The molecule has 146 valence electrons. The highest BCUT2D eigenvalue weighted by Gasteiger charge is 2.23. The van der Waals surface area contributed by atoms with E-state index in [0.717, 1.165) is 38.8 Å². The third kappa shape index (κ3) is 4.73. The Morgan fingerprint density at radius 3 is 2.29 bits per heavy atom. The van der Waals surface area contributed by atoms with Gasteiger partial charge in [-0.15, -0.1) is 0 Å². The standard InChI is InChI=1S/C21H22N2O5/c24-20(16-8-4-3-5-9-16)15-28-21(25)17-10-11-18(19(14-17)23(26)27)22-12-6-1-2-7-13-22/h3-5,8-11,14H,1-2,6-7,12-13,15H2. The van der Waals surface area contributed by atoms with Crippen LogP contribution in [0, 0.1) is 10.1 Å². The summed E-state index contributed by atoms with van der Waals surface area (Å²) in [7, 11) is 0. The number of benzene rings is 2. The molecule has 1 aliphatic rings. The highest BCUT2D eigenvalue weighted by atomic mass is 16.6. The molecular formula is C21H22N2O5. The maximum atomic E-state index is 12.3. The van der Waals surface area contributed by atoms with Crippen molar-refractivity contribution in [3.8, 4) is 0 Å². The Bertz CT molecular complexity index is 858. The SMILES string of the molecule is O=C(COC(=O)c1ccc(N2CCCCCC2)c([N+](=O)[O-])c1)c1ccccc1. The summed E-state index contributed by atoms with van der Waals surface area (Å²) < 4.78 is 5.06. The van der Waals surface area contributed by atoms with Crippen molar-refractivity contribution < 1.29 is 19.2 Å². The van der Waals surface area contributed by atoms with Gasteiger partial charge in [0.2, 0.25) is 0 Å². The highest BCUT2D eigenvalue weighted by molar-refractivity contribution is 5.99. The summed E-state index contributed by atoms with van der Waals surface area (Å²) in [6, 6.07) is 12.8. The Kier molecular flexibility index (Phi) is 6.37. The second-order valence-corrected chi connectivity index (χ2v) is 6.73. The normalized spacial score (nSPS) is 14.2. The number of hydrogen-bond donors (Lipinski definition) is 0. The minimum Gasteiger partial charge on any atom is -0.454 e. The molecule has 0 N–H and O–H groups in total. The smallest absolute Gasteiger partial charge is 0.338 e. The van der Waals surface area contributed by atoms with Crippen molar-refractivity contribution in [3.05, 3.63) is 69.8 Å². The van der Waals surface area contributed by atoms with Gasteiger partial charge < -0.3 is 9.64 Å². The first-order valence-corrected chi connectivity index (χ1v) is 9.35. The predicted molar refractivity (Wildman–Crippen MR) is 105 cm³/mol. The lowest BCUT2D eigenvalue weighted by Crippen LogP contribution is -2.25. The Morgan fingerprint density at radius 2 is 1.64 bits per heavy atom. The molecule has 0 radical (unpaired) electrons. The van der Waals surface area contributed by atoms with Crippen molar-refractivity contribution in [1.82, 2.24) is 0 Å². The second-order valence-electron chi connectivity index (χ2n) is 6.73. The number of hydrogen-bond acceptors (Lipinski definition) is 6. The van der Waals surface area contributed by atoms with Crippen molar-refractivity contribution in [3.63, 3.8) is 0 Å². The van der Waals surface area contributed by atoms with Crippen LogP contribution >= 0.6 is 0 Å². The highest BCUT2D eigenvalue weighted by Crippen LogP contribution is 2.31. The van der Waals surface area contributed by atoms with Gasteiger partial charge in [0.15, 0.2) is 12.4 Å². The third-order valence-corrected chi connectivity index (χ3v) is 4.78. The lowest BCUT2D eigenvalue weighted by molar-refractivity contribution is -0.384. The van der Waals surface area contributed by atoms with Crippen LogP contribution in [0.1, 0.15) is 46.4 Å². The summed E-state index contributed by atoms with van der Waals surface area (Å²) in [6.07, 6.45) is 4.21. The van der Waals surface area contributed by atoms with Crippen LogP contribution in [-0.2, 0) is 4.74 Å². The van der Waals surface area contributed by atoms with Crippen LogP contribution in [0.3, 0.4) is 0 Å². The van der Waals surface area contributed by atoms with E-state index < -0.39 is 17.5 Å². The Balaban J connectivity index is 1.72. The number of nitro benzene ring substituents is 1. The van der Waals surface area contributed by atoms with Crippen molar-refractivity contribution in [2.45, 2.75) is 25.7 Å². The molecule has 0 aliphatic carbocycles. The minimum absolute atomic E-state index is 0.0612. The molecule has 2 aromatic carbocycles. The zero-order valence-corrected chi connectivity index (χ0v) is 15.5. The summed E-state index contributed by atoms with van der Waals surface area (Å²) in [5.41, 5.74) is 0.901. The molecule has 0 bridgehead atoms. The molecule has 28 heavy (non-hydrogen) atoms. The quantitative estimate of drug-likeness (QED) is 0.324. The summed E-state index contributed by atoms with van der Waals surface area (Å²) in [6.45, 7) is 1.11. The second kappa shape index (κ2) is 9.12. The van der Waals surface area contributed by atoms with Gasteiger partial charge in [0.1, 0.15) is 5.69 Å². The van der Waals surface area contributed by atoms with E-state index in [4.69, 9.17) is 4.74 Å². The van der Waals surface area contributed by atoms with Crippen LogP contribution in [0.15, 0.2) is 48.5 Å². The van der Waals surface area contributed by atoms with Crippen molar-refractivity contribution in [2.75, 3.05) is 24.6 Å². The number of Topliss-reactive ketones (excluding diaryl/α,β-unsaturated/α-hetero) is 1. The molecule has 0 saturated carbocycles. The molecule has 3 rings (SSSR count). The van der Waals surface area contributed by atoms with E-state index in [1.54, 1.807) is 36.4 Å². The molecule has 0 spiro atoms. The molecule has 0 amide bonds. The van der Waals surface area contributed by atoms with Crippen LogP contribution in [-0.4, -0.2) is 36.4 Å². The summed E-state index contributed by atoms with van der Waals surface area (Å²) in [4.78, 5) is 37.4. The first-order valence-electron chi connectivity index (χ1n) is 9.35. The van der Waals surface area contributed by atoms with E-state index in [2.05, 4.69) is 0 Å².